The monoisotopic (exact) mass is 358 g/mol. The minimum Gasteiger partial charge on any atom is -0.342 e. The fraction of sp³-hybridized carbons (Fsp3) is 0.750. The van der Waals surface area contributed by atoms with E-state index < -0.39 is 0 Å². The average molecular weight is 358 g/mol. The predicted molar refractivity (Wildman–Crippen MR) is 98.2 cm³/mol. The van der Waals surface area contributed by atoms with Gasteiger partial charge in [-0.2, -0.15) is 0 Å². The molecule has 0 spiro atoms. The van der Waals surface area contributed by atoms with Crippen molar-refractivity contribution in [2.75, 3.05) is 19.6 Å². The van der Waals surface area contributed by atoms with Crippen molar-refractivity contribution >= 4 is 11.8 Å². The maximum atomic E-state index is 13.2. The van der Waals surface area contributed by atoms with Gasteiger partial charge in [-0.25, -0.2) is 4.98 Å². The fourth-order valence-corrected chi connectivity index (χ4v) is 4.81. The van der Waals surface area contributed by atoms with E-state index in [1.54, 1.807) is 12.5 Å². The van der Waals surface area contributed by atoms with Gasteiger partial charge in [-0.15, -0.1) is 0 Å². The maximum Gasteiger partial charge on any atom is 0.230 e. The molecular weight excluding hydrogens is 328 g/mol. The van der Waals surface area contributed by atoms with Crippen molar-refractivity contribution < 1.29 is 9.59 Å². The van der Waals surface area contributed by atoms with Gasteiger partial charge in [-0.3, -0.25) is 9.59 Å². The van der Waals surface area contributed by atoms with Crippen LogP contribution in [0.2, 0.25) is 0 Å². The summed E-state index contributed by atoms with van der Waals surface area (Å²) in [6.07, 6.45) is 12.2. The number of piperidine rings is 2. The lowest BCUT2D eigenvalue weighted by atomic mass is 9.82. The van der Waals surface area contributed by atoms with E-state index in [-0.39, 0.29) is 5.41 Å². The van der Waals surface area contributed by atoms with Crippen LogP contribution < -0.4 is 0 Å². The molecule has 2 aliphatic heterocycles. The van der Waals surface area contributed by atoms with E-state index in [9.17, 15) is 9.59 Å². The van der Waals surface area contributed by atoms with Crippen LogP contribution in [0.3, 0.4) is 0 Å². The summed E-state index contributed by atoms with van der Waals surface area (Å²) in [6, 6.07) is 0.343. The zero-order valence-electron chi connectivity index (χ0n) is 15.8. The summed E-state index contributed by atoms with van der Waals surface area (Å²) in [5, 5.41) is 0. The van der Waals surface area contributed by atoms with E-state index >= 15 is 0 Å². The molecule has 0 unspecified atom stereocenters. The van der Waals surface area contributed by atoms with Crippen LogP contribution in [0.4, 0.5) is 0 Å². The first-order valence-corrected chi connectivity index (χ1v) is 10.2. The molecule has 1 saturated carbocycles. The number of rotatable bonds is 6. The van der Waals surface area contributed by atoms with Gasteiger partial charge in [0.2, 0.25) is 11.8 Å². The number of nitrogens with zero attached hydrogens (tertiary/aromatic N) is 4. The number of aromatic nitrogens is 2. The maximum absolute atomic E-state index is 13.2. The first kappa shape index (κ1) is 17.6. The van der Waals surface area contributed by atoms with Crippen molar-refractivity contribution in [3.8, 4) is 0 Å². The number of unbranched alkanes of at least 4 members (excludes halogenated alkanes) is 1. The highest BCUT2D eigenvalue weighted by Gasteiger charge is 2.53. The Hall–Kier alpha value is -1.85. The Balaban J connectivity index is 1.40. The predicted octanol–water partition coefficient (Wildman–Crippen LogP) is 2.30. The number of hydrogen-bond donors (Lipinski definition) is 0. The molecule has 1 aromatic heterocycles. The molecule has 26 heavy (non-hydrogen) atoms. The Bertz CT molecular complexity index is 653. The second-order valence-electron chi connectivity index (χ2n) is 8.36. The lowest BCUT2D eigenvalue weighted by Gasteiger charge is -2.47. The van der Waals surface area contributed by atoms with Crippen LogP contribution in [0, 0.1) is 11.3 Å². The molecular formula is C20H30N4O2. The van der Waals surface area contributed by atoms with E-state index in [1.807, 2.05) is 10.8 Å². The average Bonchev–Trinajstić information content (AvgIpc) is 3.25. The van der Waals surface area contributed by atoms with Gasteiger partial charge in [0.25, 0.3) is 0 Å². The standard InChI is InChI=1S/C20H30N4O2/c1-2-3-10-24-17-6-11-23(13-16(17)4-5-18(24)25)19(26)20(7-8-20)14-22-12-9-21-15-22/h9,12,15-17H,2-8,10-11,13-14H2,1H3/t16-,17+/m0/s1. The third-order valence-electron chi connectivity index (χ3n) is 6.53. The number of amides is 2. The molecule has 3 fully saturated rings. The Morgan fingerprint density at radius 3 is 2.88 bits per heavy atom. The van der Waals surface area contributed by atoms with E-state index in [2.05, 4.69) is 21.7 Å². The van der Waals surface area contributed by atoms with Gasteiger partial charge in [0.05, 0.1) is 11.7 Å². The quantitative estimate of drug-likeness (QED) is 0.784. The van der Waals surface area contributed by atoms with Crippen LogP contribution in [0.1, 0.15) is 51.9 Å². The highest BCUT2D eigenvalue weighted by Crippen LogP contribution is 2.49. The van der Waals surface area contributed by atoms with Crippen molar-refractivity contribution in [3.63, 3.8) is 0 Å². The summed E-state index contributed by atoms with van der Waals surface area (Å²) in [4.78, 5) is 33.9. The lowest BCUT2D eigenvalue weighted by Crippen LogP contribution is -2.58. The molecule has 2 amide bonds. The zero-order chi connectivity index (χ0) is 18.1. The number of fused-ring (bicyclic) bond motifs is 1. The molecule has 3 heterocycles. The van der Waals surface area contributed by atoms with Crippen LogP contribution >= 0.6 is 0 Å². The zero-order valence-corrected chi connectivity index (χ0v) is 15.8. The van der Waals surface area contributed by atoms with Gasteiger partial charge < -0.3 is 14.4 Å². The molecule has 6 nitrogen and oxygen atoms in total. The summed E-state index contributed by atoms with van der Waals surface area (Å²) >= 11 is 0. The fourth-order valence-electron chi connectivity index (χ4n) is 4.81. The summed E-state index contributed by atoms with van der Waals surface area (Å²) in [7, 11) is 0. The number of carbonyl (C=O) groups is 2. The molecule has 0 bridgehead atoms. The molecule has 142 valence electrons. The first-order chi connectivity index (χ1) is 12.6. The minimum absolute atomic E-state index is 0.208. The van der Waals surface area contributed by atoms with Crippen LogP contribution in [0.25, 0.3) is 0 Å². The number of carbonyl (C=O) groups excluding carboxylic acids is 2. The second kappa shape index (κ2) is 7.05. The number of hydrogen-bond acceptors (Lipinski definition) is 3. The van der Waals surface area contributed by atoms with Crippen molar-refractivity contribution in [1.82, 2.24) is 19.4 Å². The highest BCUT2D eigenvalue weighted by molar-refractivity contribution is 5.85. The summed E-state index contributed by atoms with van der Waals surface area (Å²) in [5.74, 6) is 1.09. The Labute approximate surface area is 155 Å². The molecule has 2 saturated heterocycles. The smallest absolute Gasteiger partial charge is 0.230 e. The molecule has 0 aromatic carbocycles. The summed E-state index contributed by atoms with van der Waals surface area (Å²) < 4.78 is 2.03. The molecule has 3 aliphatic rings. The van der Waals surface area contributed by atoms with Crippen LogP contribution in [0.5, 0.6) is 0 Å². The van der Waals surface area contributed by atoms with Crippen LogP contribution in [-0.4, -0.2) is 56.8 Å². The van der Waals surface area contributed by atoms with E-state index in [0.717, 1.165) is 64.7 Å². The Morgan fingerprint density at radius 2 is 2.19 bits per heavy atom. The summed E-state index contributed by atoms with van der Waals surface area (Å²) in [5.41, 5.74) is -0.208. The van der Waals surface area contributed by atoms with E-state index in [1.165, 1.54) is 0 Å². The van der Waals surface area contributed by atoms with Gasteiger partial charge in [0.1, 0.15) is 0 Å². The normalized spacial score (nSPS) is 27.3. The van der Waals surface area contributed by atoms with Gasteiger partial charge in [0.15, 0.2) is 0 Å². The van der Waals surface area contributed by atoms with Crippen LogP contribution in [-0.2, 0) is 16.1 Å². The Kier molecular flexibility index (Phi) is 4.76. The van der Waals surface area contributed by atoms with Crippen LogP contribution in [0.15, 0.2) is 18.7 Å². The van der Waals surface area contributed by atoms with Crippen molar-refractivity contribution in [1.29, 1.82) is 0 Å². The lowest BCUT2D eigenvalue weighted by molar-refractivity contribution is -0.147. The third-order valence-corrected chi connectivity index (χ3v) is 6.53. The van der Waals surface area contributed by atoms with Gasteiger partial charge in [0, 0.05) is 51.0 Å². The topological polar surface area (TPSA) is 58.4 Å². The number of likely N-dealkylation sites (tertiary alicyclic amines) is 2. The van der Waals surface area contributed by atoms with Gasteiger partial charge in [-0.05, 0) is 38.0 Å². The Morgan fingerprint density at radius 1 is 1.35 bits per heavy atom. The second-order valence-corrected chi connectivity index (χ2v) is 8.36. The molecule has 0 N–H and O–H groups in total. The molecule has 2 atom stereocenters. The number of imidazole rings is 1. The summed E-state index contributed by atoms with van der Waals surface area (Å²) in [6.45, 7) is 5.42. The molecule has 6 heteroatoms. The van der Waals surface area contributed by atoms with Crippen molar-refractivity contribution in [2.24, 2.45) is 11.3 Å². The van der Waals surface area contributed by atoms with Gasteiger partial charge in [-0.1, -0.05) is 13.3 Å². The van der Waals surface area contributed by atoms with Crippen molar-refractivity contribution in [3.05, 3.63) is 18.7 Å². The molecule has 0 radical (unpaired) electrons. The first-order valence-electron chi connectivity index (χ1n) is 10.2. The van der Waals surface area contributed by atoms with Crippen molar-refractivity contribution in [2.45, 2.75) is 64.5 Å². The molecule has 1 aliphatic carbocycles. The van der Waals surface area contributed by atoms with E-state index in [4.69, 9.17) is 0 Å². The largest absolute Gasteiger partial charge is 0.342 e. The SMILES string of the molecule is CCCCN1C(=O)CC[C@H]2CN(C(=O)C3(Cn4ccnc4)CC3)CC[C@H]21. The third kappa shape index (κ3) is 3.26. The molecule has 1 aromatic rings. The molecule has 4 rings (SSSR count). The van der Waals surface area contributed by atoms with Gasteiger partial charge >= 0.3 is 0 Å². The minimum atomic E-state index is -0.208. The van der Waals surface area contributed by atoms with E-state index in [0.29, 0.717) is 30.2 Å². The highest BCUT2D eigenvalue weighted by atomic mass is 16.2.